The zero-order chi connectivity index (χ0) is 22.6. The van der Waals surface area contributed by atoms with Gasteiger partial charge in [-0.1, -0.05) is 29.8 Å². The maximum Gasteiger partial charge on any atom is 0.252 e. The summed E-state index contributed by atoms with van der Waals surface area (Å²) in [6.45, 7) is 9.54. The van der Waals surface area contributed by atoms with Crippen molar-refractivity contribution in [2.75, 3.05) is 13.1 Å². The highest BCUT2D eigenvalue weighted by Crippen LogP contribution is 2.37. The lowest BCUT2D eigenvalue weighted by molar-refractivity contribution is -0.127. The molecule has 0 saturated carbocycles. The number of halogens is 1. The lowest BCUT2D eigenvalue weighted by atomic mass is 9.76. The van der Waals surface area contributed by atoms with Crippen molar-refractivity contribution in [3.63, 3.8) is 0 Å². The van der Waals surface area contributed by atoms with Crippen molar-refractivity contribution in [1.82, 2.24) is 25.3 Å². The average molecular weight is 444 g/mol. The van der Waals surface area contributed by atoms with Crippen molar-refractivity contribution in [1.29, 1.82) is 0 Å². The minimum absolute atomic E-state index is 0.0383. The summed E-state index contributed by atoms with van der Waals surface area (Å²) < 4.78 is 1.67. The van der Waals surface area contributed by atoms with Crippen LogP contribution >= 0.6 is 11.6 Å². The third-order valence-electron chi connectivity index (χ3n) is 6.21. The molecule has 2 aliphatic heterocycles. The van der Waals surface area contributed by atoms with Crippen molar-refractivity contribution >= 4 is 23.4 Å². The van der Waals surface area contributed by atoms with Gasteiger partial charge in [0.25, 0.3) is 5.91 Å². The summed E-state index contributed by atoms with van der Waals surface area (Å²) in [4.78, 5) is 28.5. The van der Waals surface area contributed by atoms with Crippen molar-refractivity contribution in [2.45, 2.75) is 51.7 Å². The molecule has 8 heteroatoms. The number of amides is 2. The fourth-order valence-corrected chi connectivity index (χ4v) is 5.11. The molecule has 7 nitrogen and oxygen atoms in total. The SMILES string of the molecule is Cc1nn(C)c(Cl)c1CN1C[C@@H](C(=O)NC(C)(C)C)[C@@]2(Cc3ccccc3C(=O)N2)C1. The van der Waals surface area contributed by atoms with Gasteiger partial charge in [0.15, 0.2) is 0 Å². The van der Waals surface area contributed by atoms with Crippen molar-refractivity contribution < 1.29 is 9.59 Å². The molecule has 3 heterocycles. The van der Waals surface area contributed by atoms with Gasteiger partial charge in [-0.05, 0) is 45.7 Å². The number of carbonyl (C=O) groups excluding carboxylic acids is 2. The zero-order valence-corrected chi connectivity index (χ0v) is 19.5. The van der Waals surface area contributed by atoms with Crippen LogP contribution in [0.25, 0.3) is 0 Å². The molecule has 1 spiro atoms. The quantitative estimate of drug-likeness (QED) is 0.763. The summed E-state index contributed by atoms with van der Waals surface area (Å²) in [5, 5.41) is 11.4. The Morgan fingerprint density at radius 2 is 2.06 bits per heavy atom. The highest BCUT2D eigenvalue weighted by Gasteiger charge is 2.53. The van der Waals surface area contributed by atoms with Crippen molar-refractivity contribution in [3.8, 4) is 0 Å². The third kappa shape index (κ3) is 4.08. The zero-order valence-electron chi connectivity index (χ0n) is 18.8. The van der Waals surface area contributed by atoms with Crippen LogP contribution in [0, 0.1) is 12.8 Å². The molecule has 0 bridgehead atoms. The van der Waals surface area contributed by atoms with Gasteiger partial charge in [0, 0.05) is 43.3 Å². The summed E-state index contributed by atoms with van der Waals surface area (Å²) in [7, 11) is 1.82. The van der Waals surface area contributed by atoms with E-state index in [0.717, 1.165) is 16.8 Å². The molecule has 2 N–H and O–H groups in total. The second kappa shape index (κ2) is 7.64. The van der Waals surface area contributed by atoms with E-state index in [2.05, 4.69) is 20.6 Å². The van der Waals surface area contributed by atoms with Gasteiger partial charge in [0.1, 0.15) is 5.15 Å². The summed E-state index contributed by atoms with van der Waals surface area (Å²) >= 11 is 6.47. The summed E-state index contributed by atoms with van der Waals surface area (Å²) in [6.07, 6.45) is 0.618. The Labute approximate surface area is 188 Å². The van der Waals surface area contributed by atoms with Crippen LogP contribution in [0.15, 0.2) is 24.3 Å². The molecule has 1 fully saturated rings. The Morgan fingerprint density at radius 1 is 1.35 bits per heavy atom. The predicted octanol–water partition coefficient (Wildman–Crippen LogP) is 2.45. The van der Waals surface area contributed by atoms with Crippen LogP contribution in [0.3, 0.4) is 0 Å². The minimum Gasteiger partial charge on any atom is -0.351 e. The number of likely N-dealkylation sites (tertiary alicyclic amines) is 1. The fourth-order valence-electron chi connectivity index (χ4n) is 4.87. The third-order valence-corrected chi connectivity index (χ3v) is 6.68. The van der Waals surface area contributed by atoms with Crippen LogP contribution in [0.4, 0.5) is 0 Å². The van der Waals surface area contributed by atoms with Crippen molar-refractivity contribution in [3.05, 3.63) is 51.8 Å². The van der Waals surface area contributed by atoms with Crippen LogP contribution in [-0.4, -0.2) is 50.7 Å². The first-order valence-electron chi connectivity index (χ1n) is 10.6. The van der Waals surface area contributed by atoms with E-state index >= 15 is 0 Å². The predicted molar refractivity (Wildman–Crippen MR) is 120 cm³/mol. The van der Waals surface area contributed by atoms with E-state index in [4.69, 9.17) is 11.6 Å². The first kappa shape index (κ1) is 21.8. The Morgan fingerprint density at radius 3 is 2.71 bits per heavy atom. The van der Waals surface area contributed by atoms with E-state index in [0.29, 0.717) is 36.8 Å². The second-order valence-electron chi connectivity index (χ2n) is 9.88. The molecule has 2 aromatic rings. The van der Waals surface area contributed by atoms with Gasteiger partial charge in [0.05, 0.1) is 17.2 Å². The van der Waals surface area contributed by atoms with Crippen LogP contribution in [0.2, 0.25) is 5.15 Å². The number of nitrogens with zero attached hydrogens (tertiary/aromatic N) is 3. The number of carbonyl (C=O) groups is 2. The number of benzene rings is 1. The van der Waals surface area contributed by atoms with Crippen LogP contribution in [0.5, 0.6) is 0 Å². The molecule has 0 unspecified atom stereocenters. The van der Waals surface area contributed by atoms with E-state index in [9.17, 15) is 9.59 Å². The Hall–Kier alpha value is -2.38. The molecule has 2 aliphatic rings. The van der Waals surface area contributed by atoms with E-state index in [1.807, 2.05) is 59.0 Å². The van der Waals surface area contributed by atoms with Gasteiger partial charge >= 0.3 is 0 Å². The number of hydrogen-bond acceptors (Lipinski definition) is 4. The maximum atomic E-state index is 13.4. The van der Waals surface area contributed by atoms with Crippen LogP contribution in [0.1, 0.15) is 48.0 Å². The van der Waals surface area contributed by atoms with E-state index in [1.54, 1.807) is 4.68 Å². The first-order chi connectivity index (χ1) is 14.5. The van der Waals surface area contributed by atoms with Gasteiger partial charge in [-0.2, -0.15) is 5.10 Å². The molecule has 4 rings (SSSR count). The second-order valence-corrected chi connectivity index (χ2v) is 10.2. The van der Waals surface area contributed by atoms with Gasteiger partial charge in [0.2, 0.25) is 5.91 Å². The van der Waals surface area contributed by atoms with E-state index < -0.39 is 5.54 Å². The molecule has 0 aliphatic carbocycles. The molecule has 0 radical (unpaired) electrons. The number of aromatic nitrogens is 2. The molecule has 2 amide bonds. The number of hydrogen-bond donors (Lipinski definition) is 2. The minimum atomic E-state index is -0.663. The smallest absolute Gasteiger partial charge is 0.252 e. The average Bonchev–Trinajstić information content (AvgIpc) is 3.12. The van der Waals surface area contributed by atoms with E-state index in [1.165, 1.54) is 0 Å². The fraction of sp³-hybridized carbons (Fsp3) is 0.522. The van der Waals surface area contributed by atoms with E-state index in [-0.39, 0.29) is 23.3 Å². The summed E-state index contributed by atoms with van der Waals surface area (Å²) in [5.41, 5.74) is 2.49. The van der Waals surface area contributed by atoms with Gasteiger partial charge < -0.3 is 10.6 Å². The van der Waals surface area contributed by atoms with Gasteiger partial charge in [-0.15, -0.1) is 0 Å². The van der Waals surface area contributed by atoms with Crippen molar-refractivity contribution in [2.24, 2.45) is 13.0 Å². The number of nitrogens with one attached hydrogen (secondary N) is 2. The number of fused-ring (bicyclic) bond motifs is 1. The molecule has 1 aromatic carbocycles. The largest absolute Gasteiger partial charge is 0.351 e. The molecular weight excluding hydrogens is 414 g/mol. The highest BCUT2D eigenvalue weighted by atomic mass is 35.5. The Bertz CT molecular complexity index is 1040. The molecule has 1 saturated heterocycles. The molecule has 1 aromatic heterocycles. The topological polar surface area (TPSA) is 79.3 Å². The lowest BCUT2D eigenvalue weighted by Crippen LogP contribution is -2.62. The Kier molecular flexibility index (Phi) is 5.38. The highest BCUT2D eigenvalue weighted by molar-refractivity contribution is 6.30. The number of rotatable bonds is 3. The number of aryl methyl sites for hydroxylation is 2. The summed E-state index contributed by atoms with van der Waals surface area (Å²) in [6, 6.07) is 7.64. The molecule has 31 heavy (non-hydrogen) atoms. The molecule has 166 valence electrons. The Balaban J connectivity index is 1.68. The van der Waals surface area contributed by atoms with Crippen LogP contribution < -0.4 is 10.6 Å². The monoisotopic (exact) mass is 443 g/mol. The van der Waals surface area contributed by atoms with Gasteiger partial charge in [-0.3, -0.25) is 19.2 Å². The molecule has 2 atom stereocenters. The lowest BCUT2D eigenvalue weighted by Gasteiger charge is -2.40. The normalized spacial score (nSPS) is 23.7. The molecular formula is C23H30ClN5O2. The maximum absolute atomic E-state index is 13.4. The van der Waals surface area contributed by atoms with Crippen LogP contribution in [-0.2, 0) is 24.8 Å². The summed E-state index contributed by atoms with van der Waals surface area (Å²) in [5.74, 6) is -0.531. The standard InChI is InChI=1S/C23H30ClN5O2/c1-14-17(19(24)28(5)27-14)11-29-12-18(21(31)25-22(2,3)4)23(13-29)10-15-8-6-7-9-16(15)20(30)26-23/h6-9,18H,10-13H2,1-5H3,(H,25,31)(H,26,30)/t18-,23+/m0/s1. The van der Waals surface area contributed by atoms with Gasteiger partial charge in [-0.25, -0.2) is 0 Å². The first-order valence-corrected chi connectivity index (χ1v) is 11.0.